The molecule has 0 N–H and O–H groups in total. The molecule has 1 aromatic heterocycles. The molecule has 96 valence electrons. The van der Waals surface area contributed by atoms with Crippen LogP contribution in [0.2, 0.25) is 5.02 Å². The van der Waals surface area contributed by atoms with Gasteiger partial charge in [-0.15, -0.1) is 0 Å². The number of halogens is 1. The molecule has 0 amide bonds. The van der Waals surface area contributed by atoms with Crippen molar-refractivity contribution in [2.24, 2.45) is 7.05 Å². The van der Waals surface area contributed by atoms with E-state index in [1.54, 1.807) is 6.20 Å². The van der Waals surface area contributed by atoms with Gasteiger partial charge in [0, 0.05) is 24.5 Å². The van der Waals surface area contributed by atoms with Gasteiger partial charge in [0.25, 0.3) is 0 Å². The van der Waals surface area contributed by atoms with Gasteiger partial charge < -0.3 is 9.30 Å². The number of nitrogens with zero attached hydrogens (tertiary/aromatic N) is 2. The second-order valence-corrected chi connectivity index (χ2v) is 5.05. The molecule has 2 rings (SSSR count). The van der Waals surface area contributed by atoms with Gasteiger partial charge in [-0.1, -0.05) is 25.4 Å². The summed E-state index contributed by atoms with van der Waals surface area (Å²) >= 11 is 6.09. The summed E-state index contributed by atoms with van der Waals surface area (Å²) in [5.41, 5.74) is 1.18. The quantitative estimate of drug-likeness (QED) is 0.840. The lowest BCUT2D eigenvalue weighted by atomic mass is 10.0. The molecule has 0 aliphatic heterocycles. The molecule has 0 aliphatic rings. The minimum Gasteiger partial charge on any atom is -0.486 e. The number of imidazole rings is 1. The first-order valence-corrected chi connectivity index (χ1v) is 6.33. The Bertz CT molecular complexity index is 534. The molecule has 0 atom stereocenters. The van der Waals surface area contributed by atoms with Crippen LogP contribution in [0.25, 0.3) is 0 Å². The van der Waals surface area contributed by atoms with Crippen LogP contribution in [0.5, 0.6) is 5.75 Å². The SMILES string of the molecule is CC(C)c1cc(Cl)cc(OCc2nccn2C)c1. The van der Waals surface area contributed by atoms with Crippen LogP contribution in [0.4, 0.5) is 0 Å². The molecule has 0 unspecified atom stereocenters. The summed E-state index contributed by atoms with van der Waals surface area (Å²) in [6.07, 6.45) is 3.66. The summed E-state index contributed by atoms with van der Waals surface area (Å²) in [4.78, 5) is 4.22. The first kappa shape index (κ1) is 13.0. The predicted octanol–water partition coefficient (Wildman–Crippen LogP) is 3.78. The highest BCUT2D eigenvalue weighted by Crippen LogP contribution is 2.26. The van der Waals surface area contributed by atoms with Gasteiger partial charge in [-0.2, -0.15) is 0 Å². The number of hydrogen-bond donors (Lipinski definition) is 0. The highest BCUT2D eigenvalue weighted by molar-refractivity contribution is 6.30. The van der Waals surface area contributed by atoms with E-state index in [-0.39, 0.29) is 0 Å². The van der Waals surface area contributed by atoms with Gasteiger partial charge in [-0.25, -0.2) is 4.98 Å². The van der Waals surface area contributed by atoms with Crippen molar-refractivity contribution < 1.29 is 4.74 Å². The Labute approximate surface area is 112 Å². The van der Waals surface area contributed by atoms with Crippen LogP contribution in [0.15, 0.2) is 30.6 Å². The van der Waals surface area contributed by atoms with Crippen molar-refractivity contribution in [2.45, 2.75) is 26.4 Å². The number of hydrogen-bond acceptors (Lipinski definition) is 2. The van der Waals surface area contributed by atoms with E-state index in [9.17, 15) is 0 Å². The molecule has 4 heteroatoms. The van der Waals surface area contributed by atoms with Crippen molar-refractivity contribution in [3.63, 3.8) is 0 Å². The van der Waals surface area contributed by atoms with E-state index in [0.717, 1.165) is 11.6 Å². The van der Waals surface area contributed by atoms with Crippen molar-refractivity contribution in [3.05, 3.63) is 47.0 Å². The molecule has 2 aromatic rings. The van der Waals surface area contributed by atoms with Crippen LogP contribution >= 0.6 is 11.6 Å². The summed E-state index contributed by atoms with van der Waals surface area (Å²) in [5, 5.41) is 0.705. The molecule has 0 saturated carbocycles. The lowest BCUT2D eigenvalue weighted by Crippen LogP contribution is -2.03. The fraction of sp³-hybridized carbons (Fsp3) is 0.357. The Morgan fingerprint density at radius 1 is 1.33 bits per heavy atom. The van der Waals surface area contributed by atoms with E-state index in [4.69, 9.17) is 16.3 Å². The van der Waals surface area contributed by atoms with Crippen LogP contribution in [0, 0.1) is 0 Å². The molecule has 0 radical (unpaired) electrons. The third kappa shape index (κ3) is 3.05. The maximum Gasteiger partial charge on any atom is 0.146 e. The predicted molar refractivity (Wildman–Crippen MR) is 73.1 cm³/mol. The lowest BCUT2D eigenvalue weighted by molar-refractivity contribution is 0.291. The minimum absolute atomic E-state index is 0.430. The first-order chi connectivity index (χ1) is 8.56. The monoisotopic (exact) mass is 264 g/mol. The topological polar surface area (TPSA) is 27.1 Å². The molecule has 18 heavy (non-hydrogen) atoms. The van der Waals surface area contributed by atoms with Crippen LogP contribution in [-0.4, -0.2) is 9.55 Å². The highest BCUT2D eigenvalue weighted by atomic mass is 35.5. The van der Waals surface area contributed by atoms with E-state index < -0.39 is 0 Å². The van der Waals surface area contributed by atoms with E-state index in [0.29, 0.717) is 17.5 Å². The third-order valence-electron chi connectivity index (χ3n) is 2.85. The van der Waals surface area contributed by atoms with Crippen molar-refractivity contribution >= 4 is 11.6 Å². The molecular formula is C14H17ClN2O. The second kappa shape index (κ2) is 5.44. The number of aryl methyl sites for hydroxylation is 1. The van der Waals surface area contributed by atoms with Crippen LogP contribution in [0.3, 0.4) is 0 Å². The fourth-order valence-electron chi connectivity index (χ4n) is 1.68. The summed E-state index contributed by atoms with van der Waals surface area (Å²) in [6.45, 7) is 4.71. The standard InChI is InChI=1S/C14H17ClN2O/c1-10(2)11-6-12(15)8-13(7-11)18-9-14-16-4-5-17(14)3/h4-8,10H,9H2,1-3H3. The van der Waals surface area contributed by atoms with Crippen LogP contribution < -0.4 is 4.74 Å². The minimum atomic E-state index is 0.430. The summed E-state index contributed by atoms with van der Waals surface area (Å²) in [7, 11) is 1.95. The van der Waals surface area contributed by atoms with Crippen LogP contribution in [0.1, 0.15) is 31.2 Å². The largest absolute Gasteiger partial charge is 0.486 e. The highest BCUT2D eigenvalue weighted by Gasteiger charge is 2.06. The molecule has 1 aromatic carbocycles. The number of aromatic nitrogens is 2. The zero-order valence-electron chi connectivity index (χ0n) is 10.9. The van der Waals surface area contributed by atoms with Gasteiger partial charge in [-0.3, -0.25) is 0 Å². The van der Waals surface area contributed by atoms with Gasteiger partial charge in [0.1, 0.15) is 18.2 Å². The maximum atomic E-state index is 6.09. The van der Waals surface area contributed by atoms with Gasteiger partial charge in [-0.05, 0) is 29.7 Å². The smallest absolute Gasteiger partial charge is 0.146 e. The maximum absolute atomic E-state index is 6.09. The fourth-order valence-corrected chi connectivity index (χ4v) is 1.92. The van der Waals surface area contributed by atoms with Gasteiger partial charge in [0.2, 0.25) is 0 Å². The summed E-state index contributed by atoms with van der Waals surface area (Å²) < 4.78 is 7.67. The van der Waals surface area contributed by atoms with Crippen molar-refractivity contribution in [2.75, 3.05) is 0 Å². The zero-order valence-corrected chi connectivity index (χ0v) is 11.6. The molecular weight excluding hydrogens is 248 g/mol. The first-order valence-electron chi connectivity index (χ1n) is 5.95. The normalized spacial score (nSPS) is 10.9. The molecule has 0 spiro atoms. The summed E-state index contributed by atoms with van der Waals surface area (Å²) in [5.74, 6) is 2.11. The van der Waals surface area contributed by atoms with Crippen molar-refractivity contribution in [1.82, 2.24) is 9.55 Å². The van der Waals surface area contributed by atoms with E-state index in [1.165, 1.54) is 5.56 Å². The molecule has 1 heterocycles. The van der Waals surface area contributed by atoms with Crippen molar-refractivity contribution in [3.8, 4) is 5.75 Å². The Kier molecular flexibility index (Phi) is 3.92. The second-order valence-electron chi connectivity index (χ2n) is 4.62. The molecule has 0 aliphatic carbocycles. The summed E-state index contributed by atoms with van der Waals surface area (Å²) in [6, 6.07) is 5.83. The number of benzene rings is 1. The Hall–Kier alpha value is -1.48. The average molecular weight is 265 g/mol. The van der Waals surface area contributed by atoms with Crippen LogP contribution in [-0.2, 0) is 13.7 Å². The van der Waals surface area contributed by atoms with E-state index in [1.807, 2.05) is 36.0 Å². The zero-order chi connectivity index (χ0) is 13.1. The Morgan fingerprint density at radius 3 is 2.72 bits per heavy atom. The van der Waals surface area contributed by atoms with Gasteiger partial charge in [0.15, 0.2) is 0 Å². The van der Waals surface area contributed by atoms with E-state index >= 15 is 0 Å². The number of rotatable bonds is 4. The van der Waals surface area contributed by atoms with Gasteiger partial charge >= 0.3 is 0 Å². The van der Waals surface area contributed by atoms with E-state index in [2.05, 4.69) is 18.8 Å². The Morgan fingerprint density at radius 2 is 2.11 bits per heavy atom. The lowest BCUT2D eigenvalue weighted by Gasteiger charge is -2.11. The molecule has 3 nitrogen and oxygen atoms in total. The Balaban J connectivity index is 2.12. The van der Waals surface area contributed by atoms with Crippen molar-refractivity contribution in [1.29, 1.82) is 0 Å². The molecule has 0 fully saturated rings. The number of ether oxygens (including phenoxy) is 1. The average Bonchev–Trinajstić information content (AvgIpc) is 2.71. The molecule has 0 saturated heterocycles. The van der Waals surface area contributed by atoms with Gasteiger partial charge in [0.05, 0.1) is 0 Å². The third-order valence-corrected chi connectivity index (χ3v) is 3.07. The molecule has 0 bridgehead atoms.